The van der Waals surface area contributed by atoms with Gasteiger partial charge < -0.3 is 11.1 Å². The zero-order chi connectivity index (χ0) is 13.1. The average molecular weight is 251 g/mol. The summed E-state index contributed by atoms with van der Waals surface area (Å²) in [5.41, 5.74) is 7.16. The molecule has 0 radical (unpaired) electrons. The Labute approximate surface area is 106 Å². The molecule has 1 amide bonds. The van der Waals surface area contributed by atoms with Crippen molar-refractivity contribution in [3.63, 3.8) is 0 Å². The summed E-state index contributed by atoms with van der Waals surface area (Å²) in [5, 5.41) is 2.73. The maximum absolute atomic E-state index is 13.1. The van der Waals surface area contributed by atoms with E-state index in [2.05, 4.69) is 5.32 Å². The van der Waals surface area contributed by atoms with Crippen LogP contribution >= 0.6 is 0 Å². The smallest absolute Gasteiger partial charge is 0.238 e. The van der Waals surface area contributed by atoms with Crippen LogP contribution in [0.3, 0.4) is 0 Å². The molecule has 1 fully saturated rings. The SMILES string of the molecule is Cc1ccc(F)cc1NC(=O)CN1CC[C@@H](N)C1. The van der Waals surface area contributed by atoms with Crippen LogP contribution in [-0.2, 0) is 4.79 Å². The molecular formula is C13H18FN3O. The maximum Gasteiger partial charge on any atom is 0.238 e. The number of likely N-dealkylation sites (tertiary alicyclic amines) is 1. The molecule has 0 aromatic heterocycles. The van der Waals surface area contributed by atoms with Gasteiger partial charge in [0.1, 0.15) is 5.82 Å². The van der Waals surface area contributed by atoms with E-state index in [1.165, 1.54) is 12.1 Å². The van der Waals surface area contributed by atoms with E-state index >= 15 is 0 Å². The number of nitrogens with two attached hydrogens (primary N) is 1. The lowest BCUT2D eigenvalue weighted by molar-refractivity contribution is -0.117. The van der Waals surface area contributed by atoms with Gasteiger partial charge in [0, 0.05) is 24.8 Å². The predicted molar refractivity (Wildman–Crippen MR) is 68.8 cm³/mol. The lowest BCUT2D eigenvalue weighted by atomic mass is 10.2. The van der Waals surface area contributed by atoms with E-state index in [1.807, 2.05) is 11.8 Å². The number of carbonyl (C=O) groups excluding carboxylic acids is 1. The highest BCUT2D eigenvalue weighted by molar-refractivity contribution is 5.92. The second kappa shape index (κ2) is 5.46. The summed E-state index contributed by atoms with van der Waals surface area (Å²) in [6.07, 6.45) is 0.923. The topological polar surface area (TPSA) is 58.4 Å². The Hall–Kier alpha value is -1.46. The number of carbonyl (C=O) groups is 1. The Morgan fingerprint density at radius 1 is 1.61 bits per heavy atom. The van der Waals surface area contributed by atoms with E-state index in [0.29, 0.717) is 12.2 Å². The second-order valence-electron chi connectivity index (χ2n) is 4.79. The highest BCUT2D eigenvalue weighted by Gasteiger charge is 2.21. The molecule has 1 aliphatic rings. The first kappa shape index (κ1) is 13.0. The number of nitrogens with zero attached hydrogens (tertiary/aromatic N) is 1. The molecule has 18 heavy (non-hydrogen) atoms. The summed E-state index contributed by atoms with van der Waals surface area (Å²) in [6.45, 7) is 3.73. The van der Waals surface area contributed by atoms with Crippen molar-refractivity contribution in [3.8, 4) is 0 Å². The van der Waals surface area contributed by atoms with Crippen molar-refractivity contribution in [2.75, 3.05) is 25.0 Å². The van der Waals surface area contributed by atoms with Crippen molar-refractivity contribution in [2.45, 2.75) is 19.4 Å². The average Bonchev–Trinajstić information content (AvgIpc) is 2.69. The van der Waals surface area contributed by atoms with Crippen molar-refractivity contribution >= 4 is 11.6 Å². The molecule has 1 heterocycles. The Bertz CT molecular complexity index is 450. The molecule has 1 aromatic carbocycles. The number of nitrogens with one attached hydrogen (secondary N) is 1. The van der Waals surface area contributed by atoms with Gasteiger partial charge in [0.25, 0.3) is 0 Å². The Morgan fingerprint density at radius 2 is 2.39 bits per heavy atom. The fourth-order valence-corrected chi connectivity index (χ4v) is 2.13. The lowest BCUT2D eigenvalue weighted by Gasteiger charge is -2.15. The van der Waals surface area contributed by atoms with Crippen LogP contribution in [0.4, 0.5) is 10.1 Å². The van der Waals surface area contributed by atoms with E-state index in [9.17, 15) is 9.18 Å². The van der Waals surface area contributed by atoms with Gasteiger partial charge in [-0.1, -0.05) is 6.07 Å². The van der Waals surface area contributed by atoms with Gasteiger partial charge in [-0.3, -0.25) is 9.69 Å². The van der Waals surface area contributed by atoms with Crippen LogP contribution in [0, 0.1) is 12.7 Å². The molecule has 0 saturated carbocycles. The van der Waals surface area contributed by atoms with E-state index in [-0.39, 0.29) is 17.8 Å². The Morgan fingerprint density at radius 3 is 3.06 bits per heavy atom. The first-order chi connectivity index (χ1) is 8.54. The number of hydrogen-bond donors (Lipinski definition) is 2. The third-order valence-electron chi connectivity index (χ3n) is 3.15. The molecule has 1 saturated heterocycles. The monoisotopic (exact) mass is 251 g/mol. The predicted octanol–water partition coefficient (Wildman–Crippen LogP) is 1.11. The molecule has 5 heteroatoms. The van der Waals surface area contributed by atoms with Gasteiger partial charge >= 0.3 is 0 Å². The summed E-state index contributed by atoms with van der Waals surface area (Å²) in [6, 6.07) is 4.53. The Kier molecular flexibility index (Phi) is 3.93. The third-order valence-corrected chi connectivity index (χ3v) is 3.15. The van der Waals surface area contributed by atoms with E-state index in [1.54, 1.807) is 6.07 Å². The van der Waals surface area contributed by atoms with Crippen LogP contribution in [-0.4, -0.2) is 36.5 Å². The molecule has 1 aromatic rings. The Balaban J connectivity index is 1.92. The van der Waals surface area contributed by atoms with Crippen LogP contribution in [0.5, 0.6) is 0 Å². The standard InChI is InChI=1S/C13H18FN3O/c1-9-2-3-10(14)6-12(9)16-13(18)8-17-5-4-11(15)7-17/h2-3,6,11H,4-5,7-8,15H2,1H3,(H,16,18)/t11-/m1/s1. The first-order valence-corrected chi connectivity index (χ1v) is 6.08. The quantitative estimate of drug-likeness (QED) is 0.846. The second-order valence-corrected chi connectivity index (χ2v) is 4.79. The molecule has 0 spiro atoms. The summed E-state index contributed by atoms with van der Waals surface area (Å²) < 4.78 is 13.1. The fourth-order valence-electron chi connectivity index (χ4n) is 2.13. The van der Waals surface area contributed by atoms with Gasteiger partial charge in [-0.2, -0.15) is 0 Å². The van der Waals surface area contributed by atoms with Crippen LogP contribution in [0.1, 0.15) is 12.0 Å². The number of rotatable bonds is 3. The van der Waals surface area contributed by atoms with Gasteiger partial charge in [0.2, 0.25) is 5.91 Å². The van der Waals surface area contributed by atoms with Gasteiger partial charge in [-0.25, -0.2) is 4.39 Å². The summed E-state index contributed by atoms with van der Waals surface area (Å²) >= 11 is 0. The van der Waals surface area contributed by atoms with E-state index in [0.717, 1.165) is 25.1 Å². The molecule has 4 nitrogen and oxygen atoms in total. The normalized spacial score (nSPS) is 20.1. The zero-order valence-corrected chi connectivity index (χ0v) is 10.4. The minimum atomic E-state index is -0.348. The molecular weight excluding hydrogens is 233 g/mol. The molecule has 0 unspecified atom stereocenters. The van der Waals surface area contributed by atoms with Crippen LogP contribution in [0.25, 0.3) is 0 Å². The van der Waals surface area contributed by atoms with Crippen LogP contribution in [0.2, 0.25) is 0 Å². The first-order valence-electron chi connectivity index (χ1n) is 6.08. The number of amides is 1. The summed E-state index contributed by atoms with van der Waals surface area (Å²) in [5.74, 6) is -0.475. The minimum absolute atomic E-state index is 0.127. The van der Waals surface area contributed by atoms with Crippen molar-refractivity contribution in [2.24, 2.45) is 5.73 Å². The minimum Gasteiger partial charge on any atom is -0.326 e. The number of benzene rings is 1. The van der Waals surface area contributed by atoms with Gasteiger partial charge in [0.15, 0.2) is 0 Å². The summed E-state index contributed by atoms with van der Waals surface area (Å²) in [7, 11) is 0. The number of halogens is 1. The molecule has 2 rings (SSSR count). The van der Waals surface area contributed by atoms with Gasteiger partial charge in [-0.05, 0) is 31.0 Å². The lowest BCUT2D eigenvalue weighted by Crippen LogP contribution is -2.33. The van der Waals surface area contributed by atoms with Gasteiger partial charge in [0.05, 0.1) is 6.54 Å². The largest absolute Gasteiger partial charge is 0.326 e. The zero-order valence-electron chi connectivity index (χ0n) is 10.4. The molecule has 0 bridgehead atoms. The number of anilines is 1. The third kappa shape index (κ3) is 3.27. The van der Waals surface area contributed by atoms with Crippen molar-refractivity contribution < 1.29 is 9.18 Å². The van der Waals surface area contributed by atoms with Crippen molar-refractivity contribution in [3.05, 3.63) is 29.6 Å². The number of hydrogen-bond acceptors (Lipinski definition) is 3. The van der Waals surface area contributed by atoms with Gasteiger partial charge in [-0.15, -0.1) is 0 Å². The molecule has 0 aliphatic carbocycles. The van der Waals surface area contributed by atoms with Crippen LogP contribution in [0.15, 0.2) is 18.2 Å². The van der Waals surface area contributed by atoms with E-state index < -0.39 is 0 Å². The molecule has 3 N–H and O–H groups in total. The molecule has 1 aliphatic heterocycles. The highest BCUT2D eigenvalue weighted by Crippen LogP contribution is 2.16. The van der Waals surface area contributed by atoms with Crippen LogP contribution < -0.4 is 11.1 Å². The fraction of sp³-hybridized carbons (Fsp3) is 0.462. The molecule has 1 atom stereocenters. The number of aryl methyl sites for hydroxylation is 1. The molecule has 98 valence electrons. The maximum atomic E-state index is 13.1. The summed E-state index contributed by atoms with van der Waals surface area (Å²) in [4.78, 5) is 13.8. The van der Waals surface area contributed by atoms with E-state index in [4.69, 9.17) is 5.73 Å². The van der Waals surface area contributed by atoms with Crippen molar-refractivity contribution in [1.82, 2.24) is 4.90 Å². The highest BCUT2D eigenvalue weighted by atomic mass is 19.1. The van der Waals surface area contributed by atoms with Crippen molar-refractivity contribution in [1.29, 1.82) is 0 Å².